The third-order valence-corrected chi connectivity index (χ3v) is 4.09. The first-order chi connectivity index (χ1) is 12.0. The van der Waals surface area contributed by atoms with Crippen LogP contribution in [0.4, 0.5) is 0 Å². The second-order valence-electron chi connectivity index (χ2n) is 5.36. The van der Waals surface area contributed by atoms with E-state index < -0.39 is 5.91 Å². The number of aliphatic imine (C=N–C) groups is 1. The molecule has 6 heteroatoms. The highest BCUT2D eigenvalue weighted by Gasteiger charge is 2.15. The standard InChI is InChI=1S/C19H13ClN4O/c20-16-4-2-1-3-14(16)17-13(10-21)8-6-11-5-7-12(9-15(11)17)18(25)24-19(22)23/h1-9H,(H4,22,23,24,25). The van der Waals surface area contributed by atoms with Gasteiger partial charge < -0.3 is 11.5 Å². The van der Waals surface area contributed by atoms with Crippen molar-refractivity contribution in [3.05, 3.63) is 70.7 Å². The van der Waals surface area contributed by atoms with Crippen LogP contribution >= 0.6 is 11.6 Å². The highest BCUT2D eigenvalue weighted by atomic mass is 35.5. The van der Waals surface area contributed by atoms with Gasteiger partial charge in [0, 0.05) is 21.7 Å². The molecule has 1 amide bonds. The van der Waals surface area contributed by atoms with Crippen molar-refractivity contribution in [2.45, 2.75) is 0 Å². The Morgan fingerprint density at radius 2 is 1.80 bits per heavy atom. The van der Waals surface area contributed by atoms with Gasteiger partial charge in [0.1, 0.15) is 0 Å². The van der Waals surface area contributed by atoms with Crippen molar-refractivity contribution in [3.8, 4) is 17.2 Å². The second kappa shape index (κ2) is 6.63. The Morgan fingerprint density at radius 3 is 2.48 bits per heavy atom. The molecule has 4 N–H and O–H groups in total. The van der Waals surface area contributed by atoms with E-state index in [4.69, 9.17) is 23.1 Å². The number of fused-ring (bicyclic) bond motifs is 1. The van der Waals surface area contributed by atoms with E-state index in [0.717, 1.165) is 16.3 Å². The molecule has 0 radical (unpaired) electrons. The number of nitrogens with zero attached hydrogens (tertiary/aromatic N) is 2. The second-order valence-corrected chi connectivity index (χ2v) is 5.76. The van der Waals surface area contributed by atoms with Crippen LogP contribution in [0.25, 0.3) is 21.9 Å². The molecule has 0 heterocycles. The molecule has 5 nitrogen and oxygen atoms in total. The van der Waals surface area contributed by atoms with E-state index in [-0.39, 0.29) is 5.96 Å². The number of hydrogen-bond acceptors (Lipinski definition) is 2. The summed E-state index contributed by atoms with van der Waals surface area (Å²) in [5.41, 5.74) is 12.7. The summed E-state index contributed by atoms with van der Waals surface area (Å²) in [4.78, 5) is 15.7. The fraction of sp³-hybridized carbons (Fsp3) is 0. The summed E-state index contributed by atoms with van der Waals surface area (Å²) in [7, 11) is 0. The van der Waals surface area contributed by atoms with Crippen LogP contribution in [0.5, 0.6) is 0 Å². The molecular formula is C19H13ClN4O. The number of nitriles is 1. The number of halogens is 1. The molecule has 0 saturated carbocycles. The number of benzene rings is 3. The molecule has 0 saturated heterocycles. The van der Waals surface area contributed by atoms with Crippen LogP contribution < -0.4 is 11.5 Å². The molecule has 0 aliphatic heterocycles. The Labute approximate surface area is 149 Å². The maximum absolute atomic E-state index is 12.1. The van der Waals surface area contributed by atoms with E-state index in [1.54, 1.807) is 30.3 Å². The quantitative estimate of drug-likeness (QED) is 0.546. The van der Waals surface area contributed by atoms with E-state index in [1.807, 2.05) is 24.3 Å². The minimum absolute atomic E-state index is 0.304. The smallest absolute Gasteiger partial charge is 0.280 e. The summed E-state index contributed by atoms with van der Waals surface area (Å²) in [5.74, 6) is -0.850. The van der Waals surface area contributed by atoms with Crippen molar-refractivity contribution in [2.24, 2.45) is 16.5 Å². The molecule has 122 valence electrons. The van der Waals surface area contributed by atoms with Gasteiger partial charge in [-0.15, -0.1) is 0 Å². The first kappa shape index (κ1) is 16.5. The first-order valence-electron chi connectivity index (χ1n) is 7.37. The van der Waals surface area contributed by atoms with Crippen molar-refractivity contribution in [1.82, 2.24) is 0 Å². The van der Waals surface area contributed by atoms with Gasteiger partial charge >= 0.3 is 0 Å². The summed E-state index contributed by atoms with van der Waals surface area (Å²) >= 11 is 6.33. The molecule has 3 aromatic rings. The van der Waals surface area contributed by atoms with Gasteiger partial charge in [-0.1, -0.05) is 41.9 Å². The summed E-state index contributed by atoms with van der Waals surface area (Å²) in [6.07, 6.45) is 0. The van der Waals surface area contributed by atoms with E-state index in [0.29, 0.717) is 21.7 Å². The minimum Gasteiger partial charge on any atom is -0.370 e. The molecule has 0 unspecified atom stereocenters. The average Bonchev–Trinajstić information content (AvgIpc) is 2.60. The van der Waals surface area contributed by atoms with Crippen LogP contribution in [0, 0.1) is 11.3 Å². The summed E-state index contributed by atoms with van der Waals surface area (Å²) in [6.45, 7) is 0. The van der Waals surface area contributed by atoms with Crippen molar-refractivity contribution >= 4 is 34.2 Å². The van der Waals surface area contributed by atoms with E-state index in [1.165, 1.54) is 0 Å². The summed E-state index contributed by atoms with van der Waals surface area (Å²) in [6, 6.07) is 18.1. The summed E-state index contributed by atoms with van der Waals surface area (Å²) in [5, 5.41) is 11.6. The predicted molar refractivity (Wildman–Crippen MR) is 99.2 cm³/mol. The van der Waals surface area contributed by atoms with Crippen LogP contribution in [0.15, 0.2) is 59.6 Å². The number of guanidine groups is 1. The van der Waals surface area contributed by atoms with Crippen molar-refractivity contribution in [3.63, 3.8) is 0 Å². The summed E-state index contributed by atoms with van der Waals surface area (Å²) < 4.78 is 0. The van der Waals surface area contributed by atoms with Gasteiger partial charge in [0.2, 0.25) is 0 Å². The lowest BCUT2D eigenvalue weighted by Gasteiger charge is -2.12. The number of rotatable bonds is 2. The Morgan fingerprint density at radius 1 is 1.08 bits per heavy atom. The van der Waals surface area contributed by atoms with Gasteiger partial charge in [-0.3, -0.25) is 4.79 Å². The van der Waals surface area contributed by atoms with Crippen LogP contribution in [-0.2, 0) is 0 Å². The molecule has 0 aromatic heterocycles. The zero-order valence-electron chi connectivity index (χ0n) is 13.0. The number of nitrogens with two attached hydrogens (primary N) is 2. The topological polar surface area (TPSA) is 105 Å². The maximum atomic E-state index is 12.1. The number of carbonyl (C=O) groups is 1. The zero-order valence-corrected chi connectivity index (χ0v) is 13.8. The van der Waals surface area contributed by atoms with Crippen LogP contribution in [0.2, 0.25) is 5.02 Å². The van der Waals surface area contributed by atoms with E-state index in [2.05, 4.69) is 11.1 Å². The van der Waals surface area contributed by atoms with Crippen LogP contribution in [0.1, 0.15) is 15.9 Å². The Bertz CT molecular complexity index is 1060. The fourth-order valence-electron chi connectivity index (χ4n) is 2.68. The SMILES string of the molecule is N#Cc1ccc2ccc(C(=O)N=C(N)N)cc2c1-c1ccccc1Cl. The molecule has 0 atom stereocenters. The number of amides is 1. The van der Waals surface area contributed by atoms with Gasteiger partial charge in [0.05, 0.1) is 11.6 Å². The lowest BCUT2D eigenvalue weighted by molar-refractivity contribution is 0.100. The van der Waals surface area contributed by atoms with E-state index in [9.17, 15) is 10.1 Å². The first-order valence-corrected chi connectivity index (χ1v) is 7.75. The highest BCUT2D eigenvalue weighted by Crippen LogP contribution is 2.36. The van der Waals surface area contributed by atoms with Gasteiger partial charge in [0.15, 0.2) is 5.96 Å². The Balaban J connectivity index is 2.34. The van der Waals surface area contributed by atoms with Gasteiger partial charge in [-0.2, -0.15) is 10.3 Å². The Kier molecular flexibility index (Phi) is 4.38. The number of carbonyl (C=O) groups excluding carboxylic acids is 1. The average molecular weight is 349 g/mol. The highest BCUT2D eigenvalue weighted by molar-refractivity contribution is 6.34. The molecule has 3 rings (SSSR count). The Hall–Kier alpha value is -3.36. The molecule has 0 bridgehead atoms. The maximum Gasteiger partial charge on any atom is 0.280 e. The van der Waals surface area contributed by atoms with Crippen LogP contribution in [0.3, 0.4) is 0 Å². The molecule has 3 aromatic carbocycles. The third-order valence-electron chi connectivity index (χ3n) is 3.76. The van der Waals surface area contributed by atoms with Crippen molar-refractivity contribution in [2.75, 3.05) is 0 Å². The zero-order chi connectivity index (χ0) is 18.0. The lowest BCUT2D eigenvalue weighted by Crippen LogP contribution is -2.24. The lowest BCUT2D eigenvalue weighted by atomic mass is 9.92. The molecule has 25 heavy (non-hydrogen) atoms. The van der Waals surface area contributed by atoms with Crippen LogP contribution in [-0.4, -0.2) is 11.9 Å². The third kappa shape index (κ3) is 3.16. The predicted octanol–water partition coefficient (Wildman–Crippen LogP) is 3.45. The largest absolute Gasteiger partial charge is 0.370 e. The van der Waals surface area contributed by atoms with Crippen molar-refractivity contribution < 1.29 is 4.79 Å². The van der Waals surface area contributed by atoms with Gasteiger partial charge in [0.25, 0.3) is 5.91 Å². The van der Waals surface area contributed by atoms with Crippen molar-refractivity contribution in [1.29, 1.82) is 5.26 Å². The molecule has 0 fully saturated rings. The molecular weight excluding hydrogens is 336 g/mol. The van der Waals surface area contributed by atoms with Gasteiger partial charge in [-0.05, 0) is 35.0 Å². The fourth-order valence-corrected chi connectivity index (χ4v) is 2.91. The molecule has 0 aliphatic carbocycles. The monoisotopic (exact) mass is 348 g/mol. The normalized spacial score (nSPS) is 10.2. The minimum atomic E-state index is -0.547. The molecule has 0 spiro atoms. The number of hydrogen-bond donors (Lipinski definition) is 2. The van der Waals surface area contributed by atoms with E-state index >= 15 is 0 Å². The molecule has 0 aliphatic rings. The van der Waals surface area contributed by atoms with Gasteiger partial charge in [-0.25, -0.2) is 0 Å².